The van der Waals surface area contributed by atoms with Crippen molar-refractivity contribution < 1.29 is 24.9 Å². The molecule has 0 saturated heterocycles. The summed E-state index contributed by atoms with van der Waals surface area (Å²) >= 11 is 0. The largest absolute Gasteiger partial charge is 0.481 e. The normalized spacial score (nSPS) is 26.6. The highest BCUT2D eigenvalue weighted by molar-refractivity contribution is 5.82. The highest BCUT2D eigenvalue weighted by Gasteiger charge is 2.45. The van der Waals surface area contributed by atoms with E-state index >= 15 is 0 Å². The van der Waals surface area contributed by atoms with Crippen LogP contribution in [0.5, 0.6) is 0 Å². The number of carboxylic acid groups (broad SMARTS) is 1. The third kappa shape index (κ3) is 4.64. The minimum absolute atomic E-state index is 0.00291. The van der Waals surface area contributed by atoms with Crippen LogP contribution in [0, 0.1) is 5.41 Å². The van der Waals surface area contributed by atoms with Crippen molar-refractivity contribution in [3.05, 3.63) is 6.33 Å². The van der Waals surface area contributed by atoms with E-state index in [-0.39, 0.29) is 55.9 Å². The molecule has 0 spiro atoms. The SMILES string of the molecule is CN(C(=O)CC1(CC(=O)O)CCCC1)[C@H]1CC[C@@](O)(Cn2cnc3c(N)nc(N)nc32)[C@H](O)C1. The van der Waals surface area contributed by atoms with E-state index in [2.05, 4.69) is 15.0 Å². The van der Waals surface area contributed by atoms with Crippen molar-refractivity contribution in [1.82, 2.24) is 24.4 Å². The Labute approximate surface area is 197 Å². The van der Waals surface area contributed by atoms with Crippen LogP contribution < -0.4 is 11.5 Å². The number of aliphatic carboxylic acids is 1. The van der Waals surface area contributed by atoms with Crippen molar-refractivity contribution in [2.45, 2.75) is 82.1 Å². The first-order chi connectivity index (χ1) is 16.0. The number of aromatic nitrogens is 4. The van der Waals surface area contributed by atoms with Gasteiger partial charge in [0.15, 0.2) is 11.5 Å². The lowest BCUT2D eigenvalue weighted by Crippen LogP contribution is -2.54. The summed E-state index contributed by atoms with van der Waals surface area (Å²) in [5, 5.41) is 31.4. The molecule has 2 saturated carbocycles. The lowest BCUT2D eigenvalue weighted by molar-refractivity contribution is -0.147. The average Bonchev–Trinajstić information content (AvgIpc) is 3.36. The van der Waals surface area contributed by atoms with Crippen LogP contribution in [0.1, 0.15) is 57.8 Å². The standard InChI is InChI=1S/C22H33N7O5/c1-28(15(31)9-21(10-16(32)33)5-2-3-6-21)13-4-7-22(34,14(30)8-13)11-29-12-25-17-18(23)26-20(24)27-19(17)29/h12-14,30,34H,2-11H2,1H3,(H,32,33)(H4,23,24,26,27)/t13-,14+,22+/m0/s1. The zero-order valence-corrected chi connectivity index (χ0v) is 19.4. The molecule has 2 aliphatic carbocycles. The Kier molecular flexibility index (Phi) is 6.38. The molecular weight excluding hydrogens is 442 g/mol. The fourth-order valence-electron chi connectivity index (χ4n) is 5.62. The summed E-state index contributed by atoms with van der Waals surface area (Å²) in [6.45, 7) is 0.0344. The maximum atomic E-state index is 13.1. The van der Waals surface area contributed by atoms with Crippen molar-refractivity contribution in [1.29, 1.82) is 0 Å². The predicted octanol–water partition coefficient (Wildman–Crippen LogP) is 0.519. The number of hydrogen-bond acceptors (Lipinski definition) is 9. The van der Waals surface area contributed by atoms with Gasteiger partial charge in [-0.3, -0.25) is 9.59 Å². The van der Waals surface area contributed by atoms with E-state index in [4.69, 9.17) is 11.5 Å². The minimum atomic E-state index is -1.45. The fraction of sp³-hybridized carbons (Fsp3) is 0.682. The van der Waals surface area contributed by atoms with Gasteiger partial charge in [0, 0.05) is 19.5 Å². The molecular formula is C22H33N7O5. The molecule has 12 nitrogen and oxygen atoms in total. The number of aliphatic hydroxyl groups excluding tert-OH is 1. The molecule has 0 unspecified atom stereocenters. The van der Waals surface area contributed by atoms with Gasteiger partial charge in [0.05, 0.1) is 25.4 Å². The second-order valence-electron chi connectivity index (χ2n) is 10.0. The summed E-state index contributed by atoms with van der Waals surface area (Å²) in [6, 6.07) is -0.251. The zero-order valence-electron chi connectivity index (χ0n) is 19.4. The van der Waals surface area contributed by atoms with Crippen LogP contribution in [0.25, 0.3) is 11.2 Å². The molecule has 2 aromatic heterocycles. The molecule has 0 bridgehead atoms. The van der Waals surface area contributed by atoms with Gasteiger partial charge in [0.25, 0.3) is 0 Å². The number of anilines is 2. The van der Waals surface area contributed by atoms with Gasteiger partial charge in [-0.15, -0.1) is 0 Å². The van der Waals surface area contributed by atoms with Crippen LogP contribution in [0.3, 0.4) is 0 Å². The maximum Gasteiger partial charge on any atom is 0.303 e. The quantitative estimate of drug-likeness (QED) is 0.377. The van der Waals surface area contributed by atoms with Gasteiger partial charge in [-0.25, -0.2) is 4.98 Å². The zero-order chi connectivity index (χ0) is 24.7. The third-order valence-corrected chi connectivity index (χ3v) is 7.64. The van der Waals surface area contributed by atoms with Crippen LogP contribution in [0.2, 0.25) is 0 Å². The molecule has 12 heteroatoms. The van der Waals surface area contributed by atoms with Gasteiger partial charge in [-0.1, -0.05) is 12.8 Å². The summed E-state index contributed by atoms with van der Waals surface area (Å²) in [5.41, 5.74) is 10.4. The molecule has 0 aromatic carbocycles. The molecule has 0 aliphatic heterocycles. The second-order valence-corrected chi connectivity index (χ2v) is 10.0. The molecule has 1 amide bonds. The lowest BCUT2D eigenvalue weighted by atomic mass is 9.77. The Bertz CT molecular complexity index is 1080. The molecule has 2 aromatic rings. The van der Waals surface area contributed by atoms with E-state index in [9.17, 15) is 24.9 Å². The molecule has 4 rings (SSSR count). The first kappa shape index (κ1) is 24.1. The highest BCUT2D eigenvalue weighted by Crippen LogP contribution is 2.45. The summed E-state index contributed by atoms with van der Waals surface area (Å²) in [5.74, 6) is -0.864. The Morgan fingerprint density at radius 3 is 2.56 bits per heavy atom. The average molecular weight is 476 g/mol. The molecule has 3 atom stereocenters. The van der Waals surface area contributed by atoms with Gasteiger partial charge in [-0.2, -0.15) is 9.97 Å². The van der Waals surface area contributed by atoms with Gasteiger partial charge in [0.2, 0.25) is 11.9 Å². The van der Waals surface area contributed by atoms with Crippen molar-refractivity contribution in [3.63, 3.8) is 0 Å². The van der Waals surface area contributed by atoms with Crippen LogP contribution in [-0.4, -0.2) is 76.4 Å². The predicted molar refractivity (Wildman–Crippen MR) is 123 cm³/mol. The Morgan fingerprint density at radius 2 is 1.91 bits per heavy atom. The monoisotopic (exact) mass is 475 g/mol. The van der Waals surface area contributed by atoms with Crippen LogP contribution >= 0.6 is 0 Å². The number of amides is 1. The second kappa shape index (κ2) is 8.99. The highest BCUT2D eigenvalue weighted by atomic mass is 16.4. The minimum Gasteiger partial charge on any atom is -0.481 e. The lowest BCUT2D eigenvalue weighted by Gasteiger charge is -2.43. The van der Waals surface area contributed by atoms with E-state index in [1.807, 2.05) is 0 Å². The van der Waals surface area contributed by atoms with E-state index in [1.165, 1.54) is 6.33 Å². The van der Waals surface area contributed by atoms with Gasteiger partial charge in [-0.05, 0) is 37.5 Å². The number of nitrogen functional groups attached to an aromatic ring is 2. The number of aliphatic hydroxyl groups is 2. The van der Waals surface area contributed by atoms with Crippen molar-refractivity contribution in [3.8, 4) is 0 Å². The van der Waals surface area contributed by atoms with Gasteiger partial charge < -0.3 is 36.3 Å². The number of rotatable bonds is 7. The van der Waals surface area contributed by atoms with Crippen LogP contribution in [0.15, 0.2) is 6.33 Å². The maximum absolute atomic E-state index is 13.1. The van der Waals surface area contributed by atoms with Gasteiger partial charge >= 0.3 is 5.97 Å². The first-order valence-corrected chi connectivity index (χ1v) is 11.6. The van der Waals surface area contributed by atoms with Crippen molar-refractivity contribution in [2.75, 3.05) is 18.5 Å². The van der Waals surface area contributed by atoms with E-state index in [0.29, 0.717) is 17.6 Å². The molecule has 7 N–H and O–H groups in total. The van der Waals surface area contributed by atoms with E-state index in [0.717, 1.165) is 25.7 Å². The van der Waals surface area contributed by atoms with Gasteiger partial charge in [0.1, 0.15) is 11.1 Å². The number of fused-ring (bicyclic) bond motifs is 1. The Balaban J connectivity index is 1.42. The molecule has 2 heterocycles. The van der Waals surface area contributed by atoms with E-state index < -0.39 is 23.1 Å². The Morgan fingerprint density at radius 1 is 1.21 bits per heavy atom. The number of hydrogen-bond donors (Lipinski definition) is 5. The number of carboxylic acids is 1. The fourth-order valence-corrected chi connectivity index (χ4v) is 5.62. The molecule has 34 heavy (non-hydrogen) atoms. The van der Waals surface area contributed by atoms with Crippen molar-refractivity contribution >= 4 is 34.8 Å². The number of imidazole rings is 1. The van der Waals surface area contributed by atoms with Crippen LogP contribution in [0.4, 0.5) is 11.8 Å². The molecule has 2 fully saturated rings. The summed E-state index contributed by atoms with van der Waals surface area (Å²) < 4.78 is 1.60. The van der Waals surface area contributed by atoms with E-state index in [1.54, 1.807) is 16.5 Å². The topological polar surface area (TPSA) is 194 Å². The summed E-state index contributed by atoms with van der Waals surface area (Å²) in [6.07, 6.45) is 4.88. The first-order valence-electron chi connectivity index (χ1n) is 11.6. The Hall–Kier alpha value is -2.99. The smallest absolute Gasteiger partial charge is 0.303 e. The number of nitrogens with two attached hydrogens (primary N) is 2. The molecule has 186 valence electrons. The number of nitrogens with zero attached hydrogens (tertiary/aromatic N) is 5. The van der Waals surface area contributed by atoms with Crippen LogP contribution in [-0.2, 0) is 16.1 Å². The third-order valence-electron chi connectivity index (χ3n) is 7.64. The summed E-state index contributed by atoms with van der Waals surface area (Å²) in [4.78, 5) is 38.3. The number of carbonyl (C=O) groups is 2. The summed E-state index contributed by atoms with van der Waals surface area (Å²) in [7, 11) is 1.69. The number of carbonyl (C=O) groups excluding carboxylic acids is 1. The molecule has 0 radical (unpaired) electrons. The van der Waals surface area contributed by atoms with Crippen molar-refractivity contribution in [2.24, 2.45) is 5.41 Å². The molecule has 2 aliphatic rings.